The minimum Gasteiger partial charge on any atom is -0.507 e. The first kappa shape index (κ1) is 20.3. The molecule has 11 heteroatoms. The maximum absolute atomic E-state index is 12.3. The van der Waals surface area contributed by atoms with Gasteiger partial charge in [-0.05, 0) is 47.3 Å². The third kappa shape index (κ3) is 4.89. The third-order valence-electron chi connectivity index (χ3n) is 3.75. The number of ether oxygens (including phenoxy) is 1. The van der Waals surface area contributed by atoms with Crippen molar-refractivity contribution in [3.63, 3.8) is 0 Å². The number of anilines is 1. The molecule has 0 aliphatic heterocycles. The van der Waals surface area contributed by atoms with Crippen LogP contribution >= 0.6 is 11.3 Å². The molecule has 3 aromatic rings. The molecule has 0 unspecified atom stereocenters. The van der Waals surface area contributed by atoms with Gasteiger partial charge in [0.05, 0.1) is 4.92 Å². The summed E-state index contributed by atoms with van der Waals surface area (Å²) in [5, 5.41) is 22.2. The van der Waals surface area contributed by atoms with E-state index in [2.05, 4.69) is 4.72 Å². The second-order valence-electron chi connectivity index (χ2n) is 5.77. The van der Waals surface area contributed by atoms with Crippen LogP contribution in [0, 0.1) is 10.1 Å². The highest BCUT2D eigenvalue weighted by molar-refractivity contribution is 7.94. The maximum atomic E-state index is 12.3. The summed E-state index contributed by atoms with van der Waals surface area (Å²) in [6, 6.07) is 12.1. The van der Waals surface area contributed by atoms with Crippen molar-refractivity contribution in [2.75, 3.05) is 4.72 Å². The van der Waals surface area contributed by atoms with Crippen LogP contribution in [0.4, 0.5) is 11.4 Å². The molecule has 0 amide bonds. The second-order valence-corrected chi connectivity index (χ2v) is 8.63. The van der Waals surface area contributed by atoms with Gasteiger partial charge in [0.15, 0.2) is 0 Å². The molecule has 0 aliphatic carbocycles. The van der Waals surface area contributed by atoms with Gasteiger partial charge < -0.3 is 9.84 Å². The van der Waals surface area contributed by atoms with Crippen LogP contribution in [0.2, 0.25) is 0 Å². The SMILES string of the molecule is O=C(OCc1ccc([N+](=O)[O-])cc1)c1cc(NS(=O)(=O)c2cccs2)ccc1O. The number of thiophene rings is 1. The number of nitro benzene ring substituents is 1. The van der Waals surface area contributed by atoms with Gasteiger partial charge in [0.25, 0.3) is 15.7 Å². The summed E-state index contributed by atoms with van der Waals surface area (Å²) in [7, 11) is -3.81. The molecule has 0 spiro atoms. The van der Waals surface area contributed by atoms with E-state index in [1.165, 1.54) is 48.5 Å². The molecular weight excluding hydrogens is 420 g/mol. The van der Waals surface area contributed by atoms with Crippen molar-refractivity contribution >= 4 is 38.7 Å². The van der Waals surface area contributed by atoms with Gasteiger partial charge in [-0.1, -0.05) is 6.07 Å². The molecule has 150 valence electrons. The monoisotopic (exact) mass is 434 g/mol. The Kier molecular flexibility index (Phi) is 5.80. The summed E-state index contributed by atoms with van der Waals surface area (Å²) in [6.07, 6.45) is 0. The Morgan fingerprint density at radius 3 is 2.52 bits per heavy atom. The number of hydrogen-bond acceptors (Lipinski definition) is 8. The van der Waals surface area contributed by atoms with Crippen molar-refractivity contribution in [3.05, 3.63) is 81.2 Å². The number of benzene rings is 2. The van der Waals surface area contributed by atoms with Crippen LogP contribution < -0.4 is 4.72 Å². The number of nitro groups is 1. The van der Waals surface area contributed by atoms with Crippen LogP contribution in [-0.2, 0) is 21.4 Å². The van der Waals surface area contributed by atoms with E-state index >= 15 is 0 Å². The number of aromatic hydroxyl groups is 1. The van der Waals surface area contributed by atoms with Crippen molar-refractivity contribution in [2.24, 2.45) is 0 Å². The molecule has 1 heterocycles. The molecule has 0 aliphatic rings. The Labute approximate surface area is 169 Å². The molecule has 0 saturated heterocycles. The number of nitrogens with one attached hydrogen (secondary N) is 1. The normalized spacial score (nSPS) is 11.0. The summed E-state index contributed by atoms with van der Waals surface area (Å²) in [5.74, 6) is -1.25. The van der Waals surface area contributed by atoms with Gasteiger partial charge in [-0.25, -0.2) is 13.2 Å². The molecule has 0 fully saturated rings. The highest BCUT2D eigenvalue weighted by Gasteiger charge is 2.19. The van der Waals surface area contributed by atoms with E-state index in [1.807, 2.05) is 0 Å². The van der Waals surface area contributed by atoms with Gasteiger partial charge >= 0.3 is 5.97 Å². The zero-order valence-electron chi connectivity index (χ0n) is 14.6. The van der Waals surface area contributed by atoms with Crippen LogP contribution in [0.1, 0.15) is 15.9 Å². The van der Waals surface area contributed by atoms with Crippen LogP contribution in [0.25, 0.3) is 0 Å². The number of phenolic OH excluding ortho intramolecular Hbond substituents is 1. The van der Waals surface area contributed by atoms with Crippen LogP contribution in [-0.4, -0.2) is 24.4 Å². The van der Waals surface area contributed by atoms with E-state index in [1.54, 1.807) is 11.4 Å². The number of esters is 1. The molecule has 9 nitrogen and oxygen atoms in total. The number of carbonyl (C=O) groups is 1. The first-order valence-corrected chi connectivity index (χ1v) is 10.4. The highest BCUT2D eigenvalue weighted by Crippen LogP contribution is 2.26. The number of rotatable bonds is 7. The Morgan fingerprint density at radius 2 is 1.90 bits per heavy atom. The minimum atomic E-state index is -3.81. The lowest BCUT2D eigenvalue weighted by molar-refractivity contribution is -0.384. The lowest BCUT2D eigenvalue weighted by atomic mass is 10.2. The van der Waals surface area contributed by atoms with E-state index < -0.39 is 20.9 Å². The fraction of sp³-hybridized carbons (Fsp3) is 0.0556. The second kappa shape index (κ2) is 8.29. The van der Waals surface area contributed by atoms with E-state index in [0.29, 0.717) is 5.56 Å². The number of sulfonamides is 1. The van der Waals surface area contributed by atoms with Gasteiger partial charge in [0.2, 0.25) is 0 Å². The topological polar surface area (TPSA) is 136 Å². The predicted octanol–water partition coefficient (Wildman–Crippen LogP) is 3.52. The first-order valence-electron chi connectivity index (χ1n) is 8.06. The molecule has 0 radical (unpaired) electrons. The standard InChI is InChI=1S/C18H14N2O7S2/c21-16-8-5-13(19-29(25,26)17-2-1-9-28-17)10-15(16)18(22)27-11-12-3-6-14(7-4-12)20(23)24/h1-10,19,21H,11H2. The smallest absolute Gasteiger partial charge is 0.342 e. The summed E-state index contributed by atoms with van der Waals surface area (Å²) in [6.45, 7) is -0.179. The zero-order chi connectivity index (χ0) is 21.0. The van der Waals surface area contributed by atoms with E-state index in [0.717, 1.165) is 11.3 Å². The number of hydrogen-bond donors (Lipinski definition) is 2. The van der Waals surface area contributed by atoms with Crippen molar-refractivity contribution in [2.45, 2.75) is 10.8 Å². The van der Waals surface area contributed by atoms with E-state index in [4.69, 9.17) is 4.74 Å². The van der Waals surface area contributed by atoms with E-state index in [-0.39, 0.29) is 33.5 Å². The quantitative estimate of drug-likeness (QED) is 0.251. The third-order valence-corrected chi connectivity index (χ3v) is 6.52. The van der Waals surface area contributed by atoms with Gasteiger partial charge in [-0.3, -0.25) is 14.8 Å². The van der Waals surface area contributed by atoms with Crippen molar-refractivity contribution in [1.82, 2.24) is 0 Å². The molecule has 29 heavy (non-hydrogen) atoms. The van der Waals surface area contributed by atoms with Gasteiger partial charge in [-0.2, -0.15) is 0 Å². The molecule has 1 aromatic heterocycles. The fourth-order valence-corrected chi connectivity index (χ4v) is 4.37. The Bertz CT molecular complexity index is 1140. The van der Waals surface area contributed by atoms with Gasteiger partial charge in [0.1, 0.15) is 22.1 Å². The Morgan fingerprint density at radius 1 is 1.17 bits per heavy atom. The summed E-state index contributed by atoms with van der Waals surface area (Å²) in [4.78, 5) is 22.4. The van der Waals surface area contributed by atoms with E-state index in [9.17, 15) is 28.4 Å². The number of non-ortho nitro benzene ring substituents is 1. The van der Waals surface area contributed by atoms with Crippen LogP contribution in [0.3, 0.4) is 0 Å². The lowest BCUT2D eigenvalue weighted by Gasteiger charge is -2.10. The molecular formula is C18H14N2O7S2. The maximum Gasteiger partial charge on any atom is 0.342 e. The first-order chi connectivity index (χ1) is 13.8. The summed E-state index contributed by atoms with van der Waals surface area (Å²) < 4.78 is 32.1. The molecule has 2 aromatic carbocycles. The number of phenols is 1. The predicted molar refractivity (Wildman–Crippen MR) is 105 cm³/mol. The van der Waals surface area contributed by atoms with Crippen molar-refractivity contribution in [1.29, 1.82) is 0 Å². The summed E-state index contributed by atoms with van der Waals surface area (Å²) >= 11 is 1.04. The summed E-state index contributed by atoms with van der Waals surface area (Å²) in [5.41, 5.74) is 0.276. The minimum absolute atomic E-state index is 0.0819. The van der Waals surface area contributed by atoms with Crippen LogP contribution in [0.5, 0.6) is 5.75 Å². The molecule has 0 atom stereocenters. The molecule has 0 bridgehead atoms. The fourth-order valence-electron chi connectivity index (χ4n) is 2.33. The Hall–Kier alpha value is -3.44. The van der Waals surface area contributed by atoms with Crippen molar-refractivity contribution < 1.29 is 28.0 Å². The average Bonchev–Trinajstić information content (AvgIpc) is 3.23. The molecule has 0 saturated carbocycles. The largest absolute Gasteiger partial charge is 0.507 e. The van der Waals surface area contributed by atoms with Crippen LogP contribution in [0.15, 0.2) is 64.2 Å². The Balaban J connectivity index is 1.72. The molecule has 3 rings (SSSR count). The van der Waals surface area contributed by atoms with Gasteiger partial charge in [-0.15, -0.1) is 11.3 Å². The molecule has 2 N–H and O–H groups in total. The number of carbonyl (C=O) groups excluding carboxylic acids is 1. The lowest BCUT2D eigenvalue weighted by Crippen LogP contribution is -2.12. The average molecular weight is 434 g/mol. The number of nitrogens with zero attached hydrogens (tertiary/aromatic N) is 1. The van der Waals surface area contributed by atoms with Crippen molar-refractivity contribution in [3.8, 4) is 5.75 Å². The zero-order valence-corrected chi connectivity index (χ0v) is 16.3. The van der Waals surface area contributed by atoms with Gasteiger partial charge in [0, 0.05) is 17.8 Å². The highest BCUT2D eigenvalue weighted by atomic mass is 32.2.